The molecule has 2 heteroatoms. The van der Waals surface area contributed by atoms with Crippen molar-refractivity contribution in [2.75, 3.05) is 13.6 Å². The second-order valence-electron chi connectivity index (χ2n) is 3.99. The molecule has 1 aliphatic heterocycles. The number of likely N-dealkylation sites (N-methyl/N-ethyl adjacent to an activating group) is 1. The van der Waals surface area contributed by atoms with Crippen LogP contribution in [-0.4, -0.2) is 30.9 Å². The van der Waals surface area contributed by atoms with Crippen molar-refractivity contribution >= 4 is 6.34 Å². The minimum atomic E-state index is 0.443. The average molecular weight is 288 g/mol. The molecule has 0 N–H and O–H groups in total. The zero-order chi connectivity index (χ0) is 16.5. The Labute approximate surface area is 131 Å². The van der Waals surface area contributed by atoms with E-state index in [0.29, 0.717) is 6.04 Å². The number of benzene rings is 1. The zero-order valence-electron chi connectivity index (χ0n) is 14.6. The molecule has 1 aliphatic rings. The first-order valence-electron chi connectivity index (χ1n) is 7.77. The van der Waals surface area contributed by atoms with Crippen LogP contribution in [0.4, 0.5) is 0 Å². The summed E-state index contributed by atoms with van der Waals surface area (Å²) in [7, 11) is 2.02. The van der Waals surface area contributed by atoms with Crippen molar-refractivity contribution in [1.82, 2.24) is 4.90 Å². The third kappa shape index (κ3) is 11.7. The summed E-state index contributed by atoms with van der Waals surface area (Å²) in [6, 6.07) is 10.7. The second-order valence-corrected chi connectivity index (χ2v) is 3.99. The van der Waals surface area contributed by atoms with Crippen LogP contribution in [0, 0.1) is 6.92 Å². The van der Waals surface area contributed by atoms with E-state index < -0.39 is 0 Å². The van der Waals surface area contributed by atoms with E-state index in [0.717, 1.165) is 6.54 Å². The Morgan fingerprint density at radius 3 is 2.05 bits per heavy atom. The van der Waals surface area contributed by atoms with Crippen LogP contribution in [0.25, 0.3) is 0 Å². The lowest BCUT2D eigenvalue weighted by Gasteiger charge is -2.13. The topological polar surface area (TPSA) is 15.6 Å². The molecule has 1 heterocycles. The first kappa shape index (κ1) is 21.5. The molecule has 0 fully saturated rings. The molecule has 1 aromatic carbocycles. The van der Waals surface area contributed by atoms with Gasteiger partial charge in [-0.2, -0.15) is 0 Å². The van der Waals surface area contributed by atoms with Crippen molar-refractivity contribution in [3.8, 4) is 0 Å². The highest BCUT2D eigenvalue weighted by molar-refractivity contribution is 5.58. The van der Waals surface area contributed by atoms with E-state index in [1.165, 1.54) is 5.56 Å². The molecule has 1 unspecified atom stereocenters. The molecule has 0 radical (unpaired) electrons. The molecule has 118 valence electrons. The normalized spacial score (nSPS) is 15.1. The third-order valence-electron chi connectivity index (χ3n) is 2.49. The van der Waals surface area contributed by atoms with E-state index in [-0.39, 0.29) is 0 Å². The van der Waals surface area contributed by atoms with Crippen molar-refractivity contribution in [3.05, 3.63) is 60.7 Å². The van der Waals surface area contributed by atoms with Crippen molar-refractivity contribution in [2.45, 2.75) is 40.7 Å². The van der Waals surface area contributed by atoms with Gasteiger partial charge in [0.15, 0.2) is 0 Å². The SMILES string of the molecule is C=C/C=C\C1CN=CN1C.CC.CC.Cc1ccccc1. The fourth-order valence-corrected chi connectivity index (χ4v) is 1.44. The van der Waals surface area contributed by atoms with Crippen LogP contribution < -0.4 is 0 Å². The summed E-state index contributed by atoms with van der Waals surface area (Å²) in [6.45, 7) is 14.6. The lowest BCUT2D eigenvalue weighted by Crippen LogP contribution is -2.24. The molecule has 1 atom stereocenters. The molecule has 0 amide bonds. The largest absolute Gasteiger partial charge is 0.358 e. The molecule has 0 aliphatic carbocycles. The van der Waals surface area contributed by atoms with Crippen molar-refractivity contribution < 1.29 is 0 Å². The van der Waals surface area contributed by atoms with E-state index in [1.807, 2.05) is 65.4 Å². The van der Waals surface area contributed by atoms with Crippen LogP contribution >= 0.6 is 0 Å². The highest BCUT2D eigenvalue weighted by Crippen LogP contribution is 2.02. The summed E-state index contributed by atoms with van der Waals surface area (Å²) in [4.78, 5) is 6.20. The van der Waals surface area contributed by atoms with Crippen LogP contribution in [0.1, 0.15) is 33.3 Å². The number of allylic oxidation sites excluding steroid dienone is 2. The highest BCUT2D eigenvalue weighted by Gasteiger charge is 2.11. The Balaban J connectivity index is 0. The first-order chi connectivity index (χ1) is 10.2. The minimum absolute atomic E-state index is 0.443. The zero-order valence-corrected chi connectivity index (χ0v) is 14.6. The summed E-state index contributed by atoms with van der Waals surface area (Å²) in [5, 5.41) is 0. The van der Waals surface area contributed by atoms with E-state index in [4.69, 9.17) is 0 Å². The van der Waals surface area contributed by atoms with E-state index in [2.05, 4.69) is 41.6 Å². The predicted molar refractivity (Wildman–Crippen MR) is 98.1 cm³/mol. The maximum atomic E-state index is 4.11. The lowest BCUT2D eigenvalue weighted by molar-refractivity contribution is 0.479. The Morgan fingerprint density at radius 2 is 1.71 bits per heavy atom. The molecule has 0 bridgehead atoms. The van der Waals surface area contributed by atoms with Crippen molar-refractivity contribution in [1.29, 1.82) is 0 Å². The number of nitrogens with zero attached hydrogens (tertiary/aromatic N) is 2. The van der Waals surface area contributed by atoms with Gasteiger partial charge in [-0.15, -0.1) is 0 Å². The van der Waals surface area contributed by atoms with Crippen LogP contribution in [0.2, 0.25) is 0 Å². The van der Waals surface area contributed by atoms with Gasteiger partial charge in [-0.25, -0.2) is 0 Å². The van der Waals surface area contributed by atoms with Crippen molar-refractivity contribution in [2.24, 2.45) is 4.99 Å². The Kier molecular flexibility index (Phi) is 16.6. The number of aryl methyl sites for hydroxylation is 1. The molecule has 0 saturated carbocycles. The third-order valence-corrected chi connectivity index (χ3v) is 2.49. The lowest BCUT2D eigenvalue weighted by atomic mass is 10.2. The van der Waals surface area contributed by atoms with Crippen LogP contribution in [0.5, 0.6) is 0 Å². The Hall–Kier alpha value is -1.83. The van der Waals surface area contributed by atoms with Gasteiger partial charge < -0.3 is 4.90 Å². The molecule has 1 aromatic rings. The first-order valence-corrected chi connectivity index (χ1v) is 7.77. The maximum Gasteiger partial charge on any atom is 0.0853 e. The van der Waals surface area contributed by atoms with Gasteiger partial charge in [0, 0.05) is 7.05 Å². The fourth-order valence-electron chi connectivity index (χ4n) is 1.44. The summed E-state index contributed by atoms with van der Waals surface area (Å²) < 4.78 is 0. The smallest absolute Gasteiger partial charge is 0.0853 e. The average Bonchev–Trinajstić information content (AvgIpc) is 2.96. The summed E-state index contributed by atoms with van der Waals surface area (Å²) >= 11 is 0. The monoisotopic (exact) mass is 288 g/mol. The summed E-state index contributed by atoms with van der Waals surface area (Å²) in [5.41, 5.74) is 1.32. The molecular weight excluding hydrogens is 256 g/mol. The Morgan fingerprint density at radius 1 is 1.14 bits per heavy atom. The quantitative estimate of drug-likeness (QED) is 0.690. The molecule has 2 nitrogen and oxygen atoms in total. The van der Waals surface area contributed by atoms with Crippen LogP contribution in [0.15, 0.2) is 60.1 Å². The summed E-state index contributed by atoms with van der Waals surface area (Å²) in [6.07, 6.45) is 7.69. The van der Waals surface area contributed by atoms with Gasteiger partial charge in [0.2, 0.25) is 0 Å². The Bertz CT molecular complexity index is 380. The molecule has 0 aromatic heterocycles. The number of aliphatic imine (C=N–C) groups is 1. The van der Waals surface area contributed by atoms with Gasteiger partial charge in [-0.3, -0.25) is 4.99 Å². The van der Waals surface area contributed by atoms with E-state index in [9.17, 15) is 0 Å². The standard InChI is InChI=1S/C8H12N2.C7H8.2C2H6/c1-3-4-5-8-6-9-7-10(8)2;1-7-5-3-2-4-6-7;2*1-2/h3-5,7-8H,1,6H2,2H3;2-6H,1H3;2*1-2H3/b5-4-;;;. The summed E-state index contributed by atoms with van der Waals surface area (Å²) in [5.74, 6) is 0. The molecule has 2 rings (SSSR count). The molecule has 0 saturated heterocycles. The maximum absolute atomic E-state index is 4.11. The molecule has 21 heavy (non-hydrogen) atoms. The van der Waals surface area contributed by atoms with Gasteiger partial charge in [0.05, 0.1) is 18.9 Å². The predicted octanol–water partition coefficient (Wildman–Crippen LogP) is 5.12. The number of rotatable bonds is 2. The van der Waals surface area contributed by atoms with E-state index in [1.54, 1.807) is 6.08 Å². The second kappa shape index (κ2) is 16.2. The minimum Gasteiger partial charge on any atom is -0.358 e. The molecular formula is C19H32N2. The van der Waals surface area contributed by atoms with Crippen molar-refractivity contribution in [3.63, 3.8) is 0 Å². The van der Waals surface area contributed by atoms with E-state index >= 15 is 0 Å². The van der Waals surface area contributed by atoms with Gasteiger partial charge in [-0.05, 0) is 6.92 Å². The number of hydrogen-bond acceptors (Lipinski definition) is 2. The molecule has 0 spiro atoms. The number of hydrogen-bond donors (Lipinski definition) is 0. The van der Waals surface area contributed by atoms with Crippen LogP contribution in [-0.2, 0) is 0 Å². The highest BCUT2D eigenvalue weighted by atomic mass is 15.2. The van der Waals surface area contributed by atoms with Gasteiger partial charge in [-0.1, -0.05) is 88.4 Å². The fraction of sp³-hybridized carbons (Fsp3) is 0.421. The van der Waals surface area contributed by atoms with Gasteiger partial charge in [0.1, 0.15) is 0 Å². The van der Waals surface area contributed by atoms with Gasteiger partial charge in [0.25, 0.3) is 0 Å². The van der Waals surface area contributed by atoms with Crippen LogP contribution in [0.3, 0.4) is 0 Å². The van der Waals surface area contributed by atoms with Gasteiger partial charge >= 0.3 is 0 Å².